The van der Waals surface area contributed by atoms with Crippen LogP contribution in [0.3, 0.4) is 0 Å². The van der Waals surface area contributed by atoms with E-state index in [9.17, 15) is 8.42 Å². The summed E-state index contributed by atoms with van der Waals surface area (Å²) in [6, 6.07) is 6.74. The molecular weight excluding hydrogens is 254 g/mol. The van der Waals surface area contributed by atoms with Gasteiger partial charge in [0.1, 0.15) is 0 Å². The summed E-state index contributed by atoms with van der Waals surface area (Å²) in [7, 11) is -3.50. The van der Waals surface area contributed by atoms with Crippen molar-refractivity contribution >= 4 is 15.9 Å². The quantitative estimate of drug-likeness (QED) is 0.705. The molecule has 1 saturated heterocycles. The Morgan fingerprint density at radius 1 is 1.33 bits per heavy atom. The first kappa shape index (κ1) is 13.3. The summed E-state index contributed by atoms with van der Waals surface area (Å²) >= 11 is 0. The Morgan fingerprint density at radius 3 is 2.72 bits per heavy atom. The number of nitrogens with zero attached hydrogens (tertiary/aromatic N) is 1. The molecule has 2 rings (SSSR count). The van der Waals surface area contributed by atoms with Gasteiger partial charge in [-0.25, -0.2) is 0 Å². The highest BCUT2D eigenvalue weighted by molar-refractivity contribution is 7.90. The van der Waals surface area contributed by atoms with Crippen LogP contribution in [0.4, 0.5) is 5.69 Å². The molecule has 18 heavy (non-hydrogen) atoms. The van der Waals surface area contributed by atoms with Gasteiger partial charge in [-0.1, -0.05) is 12.1 Å². The standard InChI is InChI=1S/C11H17N3O3S/c15-9-10-2-1-3-11(8-10)13-18(16,17)14-6-4-12-5-7-14/h1-3,8,12-13,15H,4-7,9H2. The van der Waals surface area contributed by atoms with Gasteiger partial charge in [-0.3, -0.25) is 4.72 Å². The second kappa shape index (κ2) is 5.66. The number of aliphatic hydroxyl groups excluding tert-OH is 1. The van der Waals surface area contributed by atoms with Crippen molar-refractivity contribution in [3.8, 4) is 0 Å². The molecule has 100 valence electrons. The molecule has 6 nitrogen and oxygen atoms in total. The molecule has 3 N–H and O–H groups in total. The molecule has 0 aromatic heterocycles. The van der Waals surface area contributed by atoms with Crippen LogP contribution in [0, 0.1) is 0 Å². The van der Waals surface area contributed by atoms with Crippen LogP contribution in [0.2, 0.25) is 0 Å². The van der Waals surface area contributed by atoms with E-state index in [1.54, 1.807) is 24.3 Å². The molecule has 1 aromatic carbocycles. The van der Waals surface area contributed by atoms with Gasteiger partial charge in [-0.15, -0.1) is 0 Å². The first-order valence-electron chi connectivity index (χ1n) is 5.80. The lowest BCUT2D eigenvalue weighted by Crippen LogP contribution is -2.48. The number of aliphatic hydroxyl groups is 1. The van der Waals surface area contributed by atoms with Crippen LogP contribution in [0.1, 0.15) is 5.56 Å². The molecule has 0 atom stereocenters. The summed E-state index contributed by atoms with van der Waals surface area (Å²) in [6.07, 6.45) is 0. The Kier molecular flexibility index (Phi) is 4.18. The van der Waals surface area contributed by atoms with Crippen molar-refractivity contribution in [2.24, 2.45) is 0 Å². The van der Waals surface area contributed by atoms with Gasteiger partial charge in [0.2, 0.25) is 0 Å². The van der Waals surface area contributed by atoms with E-state index in [2.05, 4.69) is 10.0 Å². The fraction of sp³-hybridized carbons (Fsp3) is 0.455. The molecule has 0 unspecified atom stereocenters. The Balaban J connectivity index is 2.11. The molecule has 0 bridgehead atoms. The molecule has 1 aliphatic rings. The fourth-order valence-electron chi connectivity index (χ4n) is 1.83. The number of nitrogens with one attached hydrogen (secondary N) is 2. The minimum absolute atomic E-state index is 0.108. The van der Waals surface area contributed by atoms with Crippen LogP contribution in [0.25, 0.3) is 0 Å². The Bertz CT molecular complexity index is 498. The zero-order valence-electron chi connectivity index (χ0n) is 9.96. The van der Waals surface area contributed by atoms with Crippen LogP contribution in [0.5, 0.6) is 0 Å². The average molecular weight is 271 g/mol. The van der Waals surface area contributed by atoms with E-state index in [-0.39, 0.29) is 6.61 Å². The molecule has 1 heterocycles. The van der Waals surface area contributed by atoms with Crippen molar-refractivity contribution in [3.05, 3.63) is 29.8 Å². The van der Waals surface area contributed by atoms with Crippen molar-refractivity contribution in [2.45, 2.75) is 6.61 Å². The third-order valence-electron chi connectivity index (χ3n) is 2.77. The van der Waals surface area contributed by atoms with Gasteiger partial charge in [-0.05, 0) is 17.7 Å². The first-order valence-corrected chi connectivity index (χ1v) is 7.24. The van der Waals surface area contributed by atoms with Crippen LogP contribution in [0.15, 0.2) is 24.3 Å². The number of benzene rings is 1. The van der Waals surface area contributed by atoms with Crippen molar-refractivity contribution in [3.63, 3.8) is 0 Å². The molecule has 0 amide bonds. The summed E-state index contributed by atoms with van der Waals surface area (Å²) in [5.74, 6) is 0. The lowest BCUT2D eigenvalue weighted by Gasteiger charge is -2.26. The lowest BCUT2D eigenvalue weighted by molar-refractivity contribution is 0.282. The molecule has 1 aliphatic heterocycles. The van der Waals surface area contributed by atoms with Crippen LogP contribution in [-0.2, 0) is 16.8 Å². The first-order chi connectivity index (χ1) is 8.62. The maximum atomic E-state index is 12.1. The minimum atomic E-state index is -3.50. The Hall–Kier alpha value is -1.15. The second-order valence-electron chi connectivity index (χ2n) is 4.11. The predicted molar refractivity (Wildman–Crippen MR) is 69.4 cm³/mol. The molecule has 0 radical (unpaired) electrons. The summed E-state index contributed by atoms with van der Waals surface area (Å²) in [5.41, 5.74) is 1.15. The highest BCUT2D eigenvalue weighted by atomic mass is 32.2. The molecular formula is C11H17N3O3S. The topological polar surface area (TPSA) is 81.7 Å². The van der Waals surface area contributed by atoms with Crippen LogP contribution >= 0.6 is 0 Å². The summed E-state index contributed by atoms with van der Waals surface area (Å²) in [4.78, 5) is 0. The monoisotopic (exact) mass is 271 g/mol. The zero-order chi connectivity index (χ0) is 13.0. The van der Waals surface area contributed by atoms with E-state index in [0.29, 0.717) is 37.4 Å². The van der Waals surface area contributed by atoms with E-state index < -0.39 is 10.2 Å². The number of piperazine rings is 1. The van der Waals surface area contributed by atoms with E-state index in [0.717, 1.165) is 0 Å². The SMILES string of the molecule is O=S(=O)(Nc1cccc(CO)c1)N1CCNCC1. The third-order valence-corrected chi connectivity index (χ3v) is 4.31. The van der Waals surface area contributed by atoms with Crippen LogP contribution in [-0.4, -0.2) is 44.0 Å². The fourth-order valence-corrected chi connectivity index (χ4v) is 3.05. The second-order valence-corrected chi connectivity index (χ2v) is 5.79. The highest BCUT2D eigenvalue weighted by Gasteiger charge is 2.23. The molecule has 0 aliphatic carbocycles. The Morgan fingerprint density at radius 2 is 2.06 bits per heavy atom. The minimum Gasteiger partial charge on any atom is -0.392 e. The normalized spacial score (nSPS) is 17.6. The highest BCUT2D eigenvalue weighted by Crippen LogP contribution is 2.14. The van der Waals surface area contributed by atoms with Gasteiger partial charge >= 0.3 is 10.2 Å². The third kappa shape index (κ3) is 3.20. The van der Waals surface area contributed by atoms with Gasteiger partial charge in [0.05, 0.1) is 12.3 Å². The van der Waals surface area contributed by atoms with Gasteiger partial charge in [0, 0.05) is 26.2 Å². The molecule has 0 saturated carbocycles. The predicted octanol–water partition coefficient (Wildman–Crippen LogP) is -0.259. The van der Waals surface area contributed by atoms with Crippen molar-refractivity contribution in [1.29, 1.82) is 0 Å². The Labute approximate surface area is 107 Å². The number of hydrogen-bond donors (Lipinski definition) is 3. The van der Waals surface area contributed by atoms with Gasteiger partial charge < -0.3 is 10.4 Å². The van der Waals surface area contributed by atoms with Crippen molar-refractivity contribution < 1.29 is 13.5 Å². The number of rotatable bonds is 4. The average Bonchev–Trinajstić information content (AvgIpc) is 2.39. The van der Waals surface area contributed by atoms with Gasteiger partial charge in [0.25, 0.3) is 0 Å². The summed E-state index contributed by atoms with van der Waals surface area (Å²) in [6.45, 7) is 2.16. The van der Waals surface area contributed by atoms with Crippen molar-refractivity contribution in [2.75, 3.05) is 30.9 Å². The number of hydrogen-bond acceptors (Lipinski definition) is 4. The summed E-state index contributed by atoms with van der Waals surface area (Å²) < 4.78 is 28.1. The molecule has 1 fully saturated rings. The van der Waals surface area contributed by atoms with Gasteiger partial charge in [-0.2, -0.15) is 12.7 Å². The molecule has 7 heteroatoms. The van der Waals surface area contributed by atoms with Crippen molar-refractivity contribution in [1.82, 2.24) is 9.62 Å². The smallest absolute Gasteiger partial charge is 0.301 e. The van der Waals surface area contributed by atoms with E-state index in [1.165, 1.54) is 4.31 Å². The maximum Gasteiger partial charge on any atom is 0.301 e. The zero-order valence-corrected chi connectivity index (χ0v) is 10.8. The van der Waals surface area contributed by atoms with E-state index >= 15 is 0 Å². The maximum absolute atomic E-state index is 12.1. The van der Waals surface area contributed by atoms with Gasteiger partial charge in [0.15, 0.2) is 0 Å². The summed E-state index contributed by atoms with van der Waals surface area (Å²) in [5, 5.41) is 12.1. The number of anilines is 1. The molecule has 0 spiro atoms. The largest absolute Gasteiger partial charge is 0.392 e. The molecule has 1 aromatic rings. The van der Waals surface area contributed by atoms with E-state index in [4.69, 9.17) is 5.11 Å². The lowest BCUT2D eigenvalue weighted by atomic mass is 10.2. The van der Waals surface area contributed by atoms with E-state index in [1.807, 2.05) is 0 Å². The van der Waals surface area contributed by atoms with Crippen LogP contribution < -0.4 is 10.0 Å².